The zero-order valence-corrected chi connectivity index (χ0v) is 11.3. The van der Waals surface area contributed by atoms with Crippen molar-refractivity contribution in [2.45, 2.75) is 42.2 Å². The molecular weight excluding hydrogens is 256 g/mol. The summed E-state index contributed by atoms with van der Waals surface area (Å²) in [6, 6.07) is 7.17. The highest BCUT2D eigenvalue weighted by Gasteiger charge is 2.29. The summed E-state index contributed by atoms with van der Waals surface area (Å²) in [5.74, 6) is 0.564. The third-order valence-corrected chi connectivity index (χ3v) is 5.84. The van der Waals surface area contributed by atoms with Crippen molar-refractivity contribution in [3.63, 3.8) is 0 Å². The fraction of sp³-hybridized carbons (Fsp3) is 0.538. The largest absolute Gasteiger partial charge is 0.223 e. The van der Waals surface area contributed by atoms with Crippen LogP contribution in [0.25, 0.3) is 0 Å². The van der Waals surface area contributed by atoms with Crippen molar-refractivity contribution < 1.29 is 8.42 Å². The van der Waals surface area contributed by atoms with Gasteiger partial charge in [-0.15, -0.1) is 11.6 Å². The SMILES string of the molecule is O=S(=O)(c1ccc(CCCl)cc1)C1CCCC1. The van der Waals surface area contributed by atoms with E-state index in [9.17, 15) is 8.42 Å². The van der Waals surface area contributed by atoms with Gasteiger partial charge in [-0.3, -0.25) is 0 Å². The van der Waals surface area contributed by atoms with Gasteiger partial charge in [0.05, 0.1) is 10.1 Å². The fourth-order valence-electron chi connectivity index (χ4n) is 2.35. The molecule has 17 heavy (non-hydrogen) atoms. The van der Waals surface area contributed by atoms with Gasteiger partial charge >= 0.3 is 0 Å². The van der Waals surface area contributed by atoms with Crippen LogP contribution in [0.3, 0.4) is 0 Å². The fourth-order valence-corrected chi connectivity index (χ4v) is 4.42. The Balaban J connectivity index is 2.21. The second-order valence-electron chi connectivity index (χ2n) is 4.53. The van der Waals surface area contributed by atoms with Gasteiger partial charge in [0.2, 0.25) is 0 Å². The number of rotatable bonds is 4. The highest BCUT2D eigenvalue weighted by Crippen LogP contribution is 2.29. The maximum absolute atomic E-state index is 12.3. The third-order valence-electron chi connectivity index (χ3n) is 3.38. The standard InChI is InChI=1S/C13H17ClO2S/c14-10-9-11-5-7-13(8-6-11)17(15,16)12-3-1-2-4-12/h5-8,12H,1-4,9-10H2. The van der Waals surface area contributed by atoms with Crippen LogP contribution >= 0.6 is 11.6 Å². The molecule has 1 fully saturated rings. The van der Waals surface area contributed by atoms with Gasteiger partial charge in [0.25, 0.3) is 0 Å². The Bertz CT molecular complexity index is 459. The molecule has 0 bridgehead atoms. The predicted octanol–water partition coefficient (Wildman–Crippen LogP) is 3.18. The van der Waals surface area contributed by atoms with Crippen LogP contribution in [0.2, 0.25) is 0 Å². The van der Waals surface area contributed by atoms with Crippen LogP contribution in [0.5, 0.6) is 0 Å². The highest BCUT2D eigenvalue weighted by atomic mass is 35.5. The van der Waals surface area contributed by atoms with Gasteiger partial charge in [0.1, 0.15) is 0 Å². The average Bonchev–Trinajstić information content (AvgIpc) is 2.84. The number of hydrogen-bond donors (Lipinski definition) is 0. The lowest BCUT2D eigenvalue weighted by Gasteiger charge is -2.11. The molecule has 1 aliphatic rings. The molecule has 0 N–H and O–H groups in total. The van der Waals surface area contributed by atoms with E-state index in [1.807, 2.05) is 12.1 Å². The number of halogens is 1. The van der Waals surface area contributed by atoms with Gasteiger partial charge in [0.15, 0.2) is 9.84 Å². The lowest BCUT2D eigenvalue weighted by Crippen LogP contribution is -2.17. The van der Waals surface area contributed by atoms with E-state index >= 15 is 0 Å². The first-order chi connectivity index (χ1) is 8.14. The minimum absolute atomic E-state index is 0.165. The van der Waals surface area contributed by atoms with Crippen LogP contribution < -0.4 is 0 Å². The van der Waals surface area contributed by atoms with Crippen molar-refractivity contribution in [2.75, 3.05) is 5.88 Å². The number of hydrogen-bond acceptors (Lipinski definition) is 2. The van der Waals surface area contributed by atoms with Crippen LogP contribution in [0.4, 0.5) is 0 Å². The molecule has 0 atom stereocenters. The van der Waals surface area contributed by atoms with Gasteiger partial charge in [-0.25, -0.2) is 8.42 Å². The molecule has 1 aliphatic carbocycles. The molecule has 0 aromatic heterocycles. The molecule has 0 unspecified atom stereocenters. The summed E-state index contributed by atoms with van der Waals surface area (Å²) in [6.07, 6.45) is 4.48. The predicted molar refractivity (Wildman–Crippen MR) is 70.3 cm³/mol. The van der Waals surface area contributed by atoms with Crippen LogP contribution in [0, 0.1) is 0 Å². The molecule has 0 spiro atoms. The van der Waals surface area contributed by atoms with E-state index in [1.165, 1.54) is 0 Å². The molecule has 0 radical (unpaired) electrons. The van der Waals surface area contributed by atoms with Crippen molar-refractivity contribution in [1.82, 2.24) is 0 Å². The summed E-state index contributed by atoms with van der Waals surface area (Å²) in [5, 5.41) is -0.165. The van der Waals surface area contributed by atoms with Crippen molar-refractivity contribution in [3.05, 3.63) is 29.8 Å². The van der Waals surface area contributed by atoms with E-state index < -0.39 is 9.84 Å². The Morgan fingerprint density at radius 3 is 2.24 bits per heavy atom. The molecule has 4 heteroatoms. The Kier molecular flexibility index (Phi) is 4.10. The van der Waals surface area contributed by atoms with Crippen molar-refractivity contribution in [1.29, 1.82) is 0 Å². The van der Waals surface area contributed by atoms with Crippen LogP contribution in [0.1, 0.15) is 31.2 Å². The lowest BCUT2D eigenvalue weighted by atomic mass is 10.2. The van der Waals surface area contributed by atoms with E-state index in [4.69, 9.17) is 11.6 Å². The third kappa shape index (κ3) is 2.83. The quantitative estimate of drug-likeness (QED) is 0.789. The first-order valence-electron chi connectivity index (χ1n) is 6.03. The molecule has 1 saturated carbocycles. The van der Waals surface area contributed by atoms with E-state index in [1.54, 1.807) is 12.1 Å². The van der Waals surface area contributed by atoms with E-state index in [2.05, 4.69) is 0 Å². The second-order valence-corrected chi connectivity index (χ2v) is 7.14. The molecule has 1 aromatic carbocycles. The first-order valence-corrected chi connectivity index (χ1v) is 8.11. The topological polar surface area (TPSA) is 34.1 Å². The molecule has 2 rings (SSSR count). The lowest BCUT2D eigenvalue weighted by molar-refractivity contribution is 0.579. The van der Waals surface area contributed by atoms with Gasteiger partial charge < -0.3 is 0 Å². The van der Waals surface area contributed by atoms with Crippen LogP contribution in [-0.4, -0.2) is 19.5 Å². The Hall–Kier alpha value is -0.540. The first kappa shape index (κ1) is 12.9. The minimum Gasteiger partial charge on any atom is -0.223 e. The second kappa shape index (κ2) is 5.40. The molecule has 0 aliphatic heterocycles. The Labute approximate surface area is 108 Å². The number of aryl methyl sites for hydroxylation is 1. The van der Waals surface area contributed by atoms with Gasteiger partial charge in [-0.05, 0) is 37.0 Å². The van der Waals surface area contributed by atoms with Gasteiger partial charge in [0, 0.05) is 5.88 Å². The zero-order chi connectivity index (χ0) is 12.3. The molecule has 0 saturated heterocycles. The number of benzene rings is 1. The molecule has 2 nitrogen and oxygen atoms in total. The van der Waals surface area contributed by atoms with E-state index in [0.717, 1.165) is 37.7 Å². The van der Waals surface area contributed by atoms with Crippen LogP contribution in [0.15, 0.2) is 29.2 Å². The van der Waals surface area contributed by atoms with Crippen molar-refractivity contribution in [3.8, 4) is 0 Å². The monoisotopic (exact) mass is 272 g/mol. The molecule has 0 amide bonds. The highest BCUT2D eigenvalue weighted by molar-refractivity contribution is 7.92. The maximum atomic E-state index is 12.3. The molecule has 94 valence electrons. The summed E-state index contributed by atoms with van der Waals surface area (Å²) in [6.45, 7) is 0. The van der Waals surface area contributed by atoms with Crippen molar-refractivity contribution in [2.24, 2.45) is 0 Å². The summed E-state index contributed by atoms with van der Waals surface area (Å²) in [4.78, 5) is 0.461. The smallest absolute Gasteiger partial charge is 0.181 e. The summed E-state index contributed by atoms with van der Waals surface area (Å²) in [7, 11) is -3.10. The van der Waals surface area contributed by atoms with E-state index in [0.29, 0.717) is 10.8 Å². The van der Waals surface area contributed by atoms with Gasteiger partial charge in [-0.1, -0.05) is 25.0 Å². The number of sulfone groups is 1. The van der Waals surface area contributed by atoms with Crippen LogP contribution in [-0.2, 0) is 16.3 Å². The summed E-state index contributed by atoms with van der Waals surface area (Å²) < 4.78 is 24.6. The molecule has 0 heterocycles. The zero-order valence-electron chi connectivity index (χ0n) is 9.73. The van der Waals surface area contributed by atoms with Crippen molar-refractivity contribution >= 4 is 21.4 Å². The maximum Gasteiger partial charge on any atom is 0.181 e. The summed E-state index contributed by atoms with van der Waals surface area (Å²) >= 11 is 5.65. The van der Waals surface area contributed by atoms with Gasteiger partial charge in [-0.2, -0.15) is 0 Å². The Morgan fingerprint density at radius 1 is 1.12 bits per heavy atom. The minimum atomic E-state index is -3.10. The summed E-state index contributed by atoms with van der Waals surface area (Å²) in [5.41, 5.74) is 1.09. The Morgan fingerprint density at radius 2 is 1.71 bits per heavy atom. The normalized spacial score (nSPS) is 17.5. The molecular formula is C13H17ClO2S. The molecule has 1 aromatic rings. The number of alkyl halides is 1. The average molecular weight is 273 g/mol. The van der Waals surface area contributed by atoms with E-state index in [-0.39, 0.29) is 5.25 Å².